The molecule has 0 aliphatic rings. The molecular weight excluding hydrogens is 270 g/mol. The van der Waals surface area contributed by atoms with E-state index in [-0.39, 0.29) is 12.1 Å². The van der Waals surface area contributed by atoms with Crippen molar-refractivity contribution in [2.24, 2.45) is 0 Å². The van der Waals surface area contributed by atoms with Crippen molar-refractivity contribution in [2.45, 2.75) is 53.0 Å². The van der Waals surface area contributed by atoms with E-state index in [2.05, 4.69) is 5.32 Å². The van der Waals surface area contributed by atoms with Crippen LogP contribution in [-0.2, 0) is 0 Å². The van der Waals surface area contributed by atoms with Crippen molar-refractivity contribution in [3.05, 3.63) is 33.9 Å². The van der Waals surface area contributed by atoms with Gasteiger partial charge < -0.3 is 5.32 Å². The average molecular weight is 291 g/mol. The second-order valence-corrected chi connectivity index (χ2v) is 5.14. The van der Waals surface area contributed by atoms with Gasteiger partial charge in [-0.3, -0.25) is 0 Å². The highest BCUT2D eigenvalue weighted by Gasteiger charge is 2.50. The standard InChI is InChI=1S/C15H21F4N/c1-6-20-13(15(18,19)14(16)17)12-10(4)8(2)7-9(3)11(12)5/h7,13-14,20H,6H2,1-5H3. The molecule has 0 fully saturated rings. The minimum absolute atomic E-state index is 0.193. The predicted molar refractivity (Wildman–Crippen MR) is 72.8 cm³/mol. The third kappa shape index (κ3) is 2.97. The molecular formula is C15H21F4N. The van der Waals surface area contributed by atoms with Gasteiger partial charge in [0.2, 0.25) is 0 Å². The van der Waals surface area contributed by atoms with Crippen molar-refractivity contribution < 1.29 is 17.6 Å². The normalized spacial score (nSPS) is 13.9. The van der Waals surface area contributed by atoms with E-state index in [0.29, 0.717) is 11.1 Å². The molecule has 0 aliphatic carbocycles. The molecule has 114 valence electrons. The van der Waals surface area contributed by atoms with Crippen LogP contribution >= 0.6 is 0 Å². The maximum absolute atomic E-state index is 13.9. The van der Waals surface area contributed by atoms with Crippen LogP contribution in [-0.4, -0.2) is 18.9 Å². The summed E-state index contributed by atoms with van der Waals surface area (Å²) in [4.78, 5) is 0. The van der Waals surface area contributed by atoms with E-state index in [4.69, 9.17) is 0 Å². The van der Waals surface area contributed by atoms with Gasteiger partial charge >= 0.3 is 12.3 Å². The molecule has 0 saturated heterocycles. The highest BCUT2D eigenvalue weighted by Crippen LogP contribution is 2.40. The van der Waals surface area contributed by atoms with Gasteiger partial charge in [0, 0.05) is 0 Å². The molecule has 0 amide bonds. The number of hydrogen-bond acceptors (Lipinski definition) is 1. The van der Waals surface area contributed by atoms with Crippen molar-refractivity contribution in [2.75, 3.05) is 6.54 Å². The van der Waals surface area contributed by atoms with Gasteiger partial charge in [0.15, 0.2) is 0 Å². The average Bonchev–Trinajstić information content (AvgIpc) is 2.35. The molecule has 0 spiro atoms. The summed E-state index contributed by atoms with van der Waals surface area (Å²) in [5.41, 5.74) is 3.22. The molecule has 1 aromatic rings. The SMILES string of the molecule is CCNC(c1c(C)c(C)cc(C)c1C)C(F)(F)C(F)F. The number of nitrogens with one attached hydrogen (secondary N) is 1. The summed E-state index contributed by atoms with van der Waals surface area (Å²) in [6.07, 6.45) is -3.70. The summed E-state index contributed by atoms with van der Waals surface area (Å²) < 4.78 is 53.3. The van der Waals surface area contributed by atoms with Gasteiger partial charge in [-0.05, 0) is 62.1 Å². The number of alkyl halides is 4. The Labute approximate surface area is 117 Å². The van der Waals surface area contributed by atoms with Crippen molar-refractivity contribution in [1.29, 1.82) is 0 Å². The van der Waals surface area contributed by atoms with Gasteiger partial charge in [-0.25, -0.2) is 8.78 Å². The smallest absolute Gasteiger partial charge is 0.305 e. The Morgan fingerprint density at radius 3 is 1.85 bits per heavy atom. The Bertz CT molecular complexity index is 457. The molecule has 1 nitrogen and oxygen atoms in total. The highest BCUT2D eigenvalue weighted by molar-refractivity contribution is 5.46. The molecule has 0 radical (unpaired) electrons. The van der Waals surface area contributed by atoms with E-state index in [0.717, 1.165) is 11.1 Å². The maximum Gasteiger partial charge on any atom is 0.326 e. The Balaban J connectivity index is 3.51. The summed E-state index contributed by atoms with van der Waals surface area (Å²) in [6.45, 7) is 8.82. The second kappa shape index (κ2) is 6.12. The zero-order valence-electron chi connectivity index (χ0n) is 12.5. The number of hydrogen-bond donors (Lipinski definition) is 1. The molecule has 5 heteroatoms. The monoisotopic (exact) mass is 291 g/mol. The van der Waals surface area contributed by atoms with E-state index >= 15 is 0 Å². The molecule has 1 aromatic carbocycles. The van der Waals surface area contributed by atoms with Gasteiger partial charge in [0.25, 0.3) is 0 Å². The number of rotatable bonds is 5. The molecule has 0 heterocycles. The lowest BCUT2D eigenvalue weighted by molar-refractivity contribution is -0.151. The third-order valence-electron chi connectivity index (χ3n) is 3.80. The first kappa shape index (κ1) is 17.0. The highest BCUT2D eigenvalue weighted by atomic mass is 19.3. The van der Waals surface area contributed by atoms with Crippen LogP contribution in [0.3, 0.4) is 0 Å². The van der Waals surface area contributed by atoms with Crippen molar-refractivity contribution in [3.63, 3.8) is 0 Å². The van der Waals surface area contributed by atoms with Crippen molar-refractivity contribution in [3.8, 4) is 0 Å². The minimum Gasteiger partial charge on any atom is -0.305 e. The van der Waals surface area contributed by atoms with Crippen LogP contribution in [0.2, 0.25) is 0 Å². The van der Waals surface area contributed by atoms with E-state index < -0.39 is 18.4 Å². The number of benzene rings is 1. The van der Waals surface area contributed by atoms with Gasteiger partial charge in [0.1, 0.15) is 6.04 Å². The van der Waals surface area contributed by atoms with Gasteiger partial charge in [-0.2, -0.15) is 8.78 Å². The second-order valence-electron chi connectivity index (χ2n) is 5.14. The lowest BCUT2D eigenvalue weighted by atomic mass is 9.87. The van der Waals surface area contributed by atoms with E-state index in [1.807, 2.05) is 6.07 Å². The lowest BCUT2D eigenvalue weighted by Gasteiger charge is -2.31. The van der Waals surface area contributed by atoms with Crippen LogP contribution in [0, 0.1) is 27.7 Å². The summed E-state index contributed by atoms with van der Waals surface area (Å²) in [5.74, 6) is -4.11. The van der Waals surface area contributed by atoms with E-state index in [1.54, 1.807) is 34.6 Å². The fourth-order valence-electron chi connectivity index (χ4n) is 2.44. The van der Waals surface area contributed by atoms with Crippen LogP contribution in [0.1, 0.15) is 40.8 Å². The Kier molecular flexibility index (Phi) is 5.19. The summed E-state index contributed by atoms with van der Waals surface area (Å²) in [6, 6.07) is 0.212. The molecule has 0 aliphatic heterocycles. The van der Waals surface area contributed by atoms with E-state index in [1.165, 1.54) is 0 Å². The van der Waals surface area contributed by atoms with Crippen LogP contribution in [0.25, 0.3) is 0 Å². The summed E-state index contributed by atoms with van der Waals surface area (Å²) in [7, 11) is 0. The molecule has 20 heavy (non-hydrogen) atoms. The quantitative estimate of drug-likeness (QED) is 0.789. The number of aryl methyl sites for hydroxylation is 2. The van der Waals surface area contributed by atoms with Crippen molar-refractivity contribution >= 4 is 0 Å². The van der Waals surface area contributed by atoms with Crippen LogP contribution in [0.15, 0.2) is 6.07 Å². The van der Waals surface area contributed by atoms with Crippen LogP contribution in [0.5, 0.6) is 0 Å². The van der Waals surface area contributed by atoms with Gasteiger partial charge in [0.05, 0.1) is 0 Å². The molecule has 1 atom stereocenters. The zero-order chi connectivity index (χ0) is 15.7. The number of halogens is 4. The fraction of sp³-hybridized carbons (Fsp3) is 0.600. The first-order valence-corrected chi connectivity index (χ1v) is 6.61. The van der Waals surface area contributed by atoms with Crippen LogP contribution < -0.4 is 5.32 Å². The Hall–Kier alpha value is -1.10. The first-order chi connectivity index (χ1) is 9.14. The molecule has 1 rings (SSSR count). The zero-order valence-corrected chi connectivity index (χ0v) is 12.5. The summed E-state index contributed by atoms with van der Waals surface area (Å²) >= 11 is 0. The third-order valence-corrected chi connectivity index (χ3v) is 3.80. The predicted octanol–water partition coefficient (Wildman–Crippen LogP) is 4.47. The minimum atomic E-state index is -4.11. The van der Waals surface area contributed by atoms with Crippen molar-refractivity contribution in [1.82, 2.24) is 5.32 Å². The molecule has 0 saturated carbocycles. The topological polar surface area (TPSA) is 12.0 Å². The van der Waals surface area contributed by atoms with Crippen LogP contribution in [0.4, 0.5) is 17.6 Å². The molecule has 1 N–H and O–H groups in total. The molecule has 0 aromatic heterocycles. The molecule has 1 unspecified atom stereocenters. The largest absolute Gasteiger partial charge is 0.326 e. The van der Waals surface area contributed by atoms with Gasteiger partial charge in [-0.15, -0.1) is 0 Å². The lowest BCUT2D eigenvalue weighted by Crippen LogP contribution is -2.43. The Morgan fingerprint density at radius 2 is 1.50 bits per heavy atom. The first-order valence-electron chi connectivity index (χ1n) is 6.61. The maximum atomic E-state index is 13.9. The fourth-order valence-corrected chi connectivity index (χ4v) is 2.44. The summed E-state index contributed by atoms with van der Waals surface area (Å²) in [5, 5.41) is 2.53. The van der Waals surface area contributed by atoms with Gasteiger partial charge in [-0.1, -0.05) is 13.0 Å². The van der Waals surface area contributed by atoms with E-state index in [9.17, 15) is 17.6 Å². The molecule has 0 bridgehead atoms. The Morgan fingerprint density at radius 1 is 1.05 bits per heavy atom.